The molecule has 0 bridgehead atoms. The summed E-state index contributed by atoms with van der Waals surface area (Å²) in [5.41, 5.74) is 8.28. The van der Waals surface area contributed by atoms with Crippen molar-refractivity contribution in [2.24, 2.45) is 0 Å². The molecule has 2 aromatic heterocycles. The maximum Gasteiger partial charge on any atom is 0.350 e. The molecule has 0 fully saturated rings. The number of thiol groups is 1. The molecule has 0 aromatic carbocycles. The Labute approximate surface area is 121 Å². The third kappa shape index (κ3) is 2.74. The molecule has 0 radical (unpaired) electrons. The van der Waals surface area contributed by atoms with Crippen LogP contribution in [0.4, 0.5) is 5.69 Å². The van der Waals surface area contributed by atoms with Gasteiger partial charge >= 0.3 is 5.97 Å². The summed E-state index contributed by atoms with van der Waals surface area (Å²) in [7, 11) is 0. The summed E-state index contributed by atoms with van der Waals surface area (Å²) in [5.74, 6) is -0.403. The van der Waals surface area contributed by atoms with Crippen LogP contribution in [0.2, 0.25) is 0 Å². The van der Waals surface area contributed by atoms with Crippen LogP contribution in [0.3, 0.4) is 0 Å². The average Bonchev–Trinajstić information content (AvgIpc) is 2.65. The fraction of sp³-hybridized carbons (Fsp3) is 0.231. The molecule has 2 aromatic rings. The van der Waals surface area contributed by atoms with E-state index in [1.54, 1.807) is 6.92 Å². The van der Waals surface area contributed by atoms with E-state index in [-0.39, 0.29) is 0 Å². The van der Waals surface area contributed by atoms with Gasteiger partial charge in [0.15, 0.2) is 12.4 Å². The maximum atomic E-state index is 11.8. The minimum Gasteiger partial charge on any atom is -0.462 e. The van der Waals surface area contributed by atoms with Gasteiger partial charge in [0.1, 0.15) is 14.8 Å². The van der Waals surface area contributed by atoms with Gasteiger partial charge in [-0.15, -0.1) is 24.0 Å². The first kappa shape index (κ1) is 13.9. The van der Waals surface area contributed by atoms with Gasteiger partial charge in [-0.25, -0.2) is 4.79 Å². The number of carbonyl (C=O) groups excluding carboxylic acids is 1. The van der Waals surface area contributed by atoms with Crippen LogP contribution >= 0.6 is 24.0 Å². The highest BCUT2D eigenvalue weighted by Crippen LogP contribution is 2.34. The molecule has 0 aliphatic carbocycles. The summed E-state index contributed by atoms with van der Waals surface area (Å²) in [6.07, 6.45) is 3.81. The molecule has 6 heteroatoms. The summed E-state index contributed by atoms with van der Waals surface area (Å²) in [6.45, 7) is 4.08. The zero-order valence-corrected chi connectivity index (χ0v) is 12.4. The van der Waals surface area contributed by atoms with Gasteiger partial charge in [0.2, 0.25) is 0 Å². The minimum atomic E-state index is -0.403. The van der Waals surface area contributed by atoms with Crippen LogP contribution in [-0.2, 0) is 4.74 Å². The number of nitrogen functional groups attached to an aromatic ring is 1. The number of thiophene rings is 1. The van der Waals surface area contributed by atoms with Crippen molar-refractivity contribution in [2.45, 2.75) is 18.1 Å². The van der Waals surface area contributed by atoms with E-state index in [0.29, 0.717) is 21.4 Å². The third-order valence-corrected chi connectivity index (χ3v) is 4.03. The van der Waals surface area contributed by atoms with E-state index < -0.39 is 5.97 Å². The first-order valence-electron chi connectivity index (χ1n) is 5.81. The molecule has 0 saturated carbocycles. The number of rotatable bonds is 3. The third-order valence-electron chi connectivity index (χ3n) is 2.57. The average molecular weight is 295 g/mol. The number of carbonyl (C=O) groups is 1. The lowest BCUT2D eigenvalue weighted by atomic mass is 10.3. The Bertz CT molecular complexity index is 623. The second kappa shape index (κ2) is 5.63. The van der Waals surface area contributed by atoms with Crippen LogP contribution in [0.5, 0.6) is 0 Å². The van der Waals surface area contributed by atoms with E-state index in [0.717, 1.165) is 11.3 Å². The molecule has 0 spiro atoms. The molecule has 0 unspecified atom stereocenters. The lowest BCUT2D eigenvalue weighted by molar-refractivity contribution is -0.597. The summed E-state index contributed by atoms with van der Waals surface area (Å²) in [5, 5.41) is 0. The normalized spacial score (nSPS) is 10.5. The van der Waals surface area contributed by atoms with Crippen molar-refractivity contribution in [3.8, 4) is 5.69 Å². The predicted molar refractivity (Wildman–Crippen MR) is 78.2 cm³/mol. The molecule has 0 atom stereocenters. The molecular formula is C13H15N2O2S2+. The summed E-state index contributed by atoms with van der Waals surface area (Å²) >= 11 is 5.64. The van der Waals surface area contributed by atoms with E-state index in [1.165, 1.54) is 11.3 Å². The lowest BCUT2D eigenvalue weighted by Gasteiger charge is -2.00. The molecule has 0 aliphatic heterocycles. The number of hydrogen-bond donors (Lipinski definition) is 2. The Morgan fingerprint density at radius 1 is 1.58 bits per heavy atom. The number of pyridine rings is 1. The Kier molecular flexibility index (Phi) is 4.11. The van der Waals surface area contributed by atoms with Crippen LogP contribution in [0, 0.1) is 6.92 Å². The molecule has 100 valence electrons. The molecule has 0 aliphatic rings. The van der Waals surface area contributed by atoms with Crippen molar-refractivity contribution in [3.63, 3.8) is 0 Å². The number of anilines is 1. The van der Waals surface area contributed by atoms with E-state index in [1.807, 2.05) is 36.0 Å². The Morgan fingerprint density at radius 3 is 2.95 bits per heavy atom. The molecule has 2 N–H and O–H groups in total. The van der Waals surface area contributed by atoms with Crippen molar-refractivity contribution < 1.29 is 14.1 Å². The molecule has 2 heterocycles. The molecule has 0 amide bonds. The number of aryl methyl sites for hydroxylation is 1. The fourth-order valence-corrected chi connectivity index (χ4v) is 3.12. The van der Waals surface area contributed by atoms with E-state index in [2.05, 4.69) is 12.6 Å². The number of ether oxygens (including phenoxy) is 1. The minimum absolute atomic E-state index is 0.324. The van der Waals surface area contributed by atoms with Crippen molar-refractivity contribution >= 4 is 35.6 Å². The van der Waals surface area contributed by atoms with Gasteiger partial charge in [0.05, 0.1) is 6.61 Å². The largest absolute Gasteiger partial charge is 0.462 e. The SMILES string of the molecule is CCOC(=O)c1sc(S)c(-[n+]2cccc(C)c2)c1N. The van der Waals surface area contributed by atoms with Crippen molar-refractivity contribution in [2.75, 3.05) is 12.3 Å². The summed E-state index contributed by atoms with van der Waals surface area (Å²) < 4.78 is 7.54. The van der Waals surface area contributed by atoms with Gasteiger partial charge < -0.3 is 10.5 Å². The van der Waals surface area contributed by atoms with Crippen LogP contribution in [0.1, 0.15) is 22.2 Å². The van der Waals surface area contributed by atoms with Gasteiger partial charge in [0, 0.05) is 11.6 Å². The quantitative estimate of drug-likeness (QED) is 0.519. The Balaban J connectivity index is 2.51. The summed E-state index contributed by atoms with van der Waals surface area (Å²) in [4.78, 5) is 12.2. The standard InChI is InChI=1S/C13H14N2O2S2/c1-3-17-12(16)11-9(14)10(13(18)19-11)15-6-4-5-8(2)7-15/h4-7H,3H2,1-2H3,(H2-,14,16,18)/p+1. The monoisotopic (exact) mass is 295 g/mol. The first-order valence-corrected chi connectivity index (χ1v) is 7.07. The number of esters is 1. The highest BCUT2D eigenvalue weighted by molar-refractivity contribution is 7.83. The maximum absolute atomic E-state index is 11.8. The summed E-state index contributed by atoms with van der Waals surface area (Å²) in [6, 6.07) is 3.91. The zero-order chi connectivity index (χ0) is 14.0. The van der Waals surface area contributed by atoms with Crippen LogP contribution in [0.25, 0.3) is 5.69 Å². The van der Waals surface area contributed by atoms with Gasteiger partial charge in [-0.3, -0.25) is 0 Å². The van der Waals surface area contributed by atoms with Gasteiger partial charge in [-0.2, -0.15) is 4.57 Å². The molecule has 2 rings (SSSR count). The topological polar surface area (TPSA) is 56.2 Å². The number of nitrogens with two attached hydrogens (primary N) is 1. The predicted octanol–water partition coefficient (Wildman–Crippen LogP) is 2.38. The van der Waals surface area contributed by atoms with Crippen LogP contribution < -0.4 is 10.3 Å². The van der Waals surface area contributed by atoms with Crippen LogP contribution in [0.15, 0.2) is 28.7 Å². The number of aromatic nitrogens is 1. The van der Waals surface area contributed by atoms with Crippen LogP contribution in [-0.4, -0.2) is 12.6 Å². The molecule has 0 saturated heterocycles. The lowest BCUT2D eigenvalue weighted by Crippen LogP contribution is -2.31. The van der Waals surface area contributed by atoms with Crippen molar-refractivity contribution in [3.05, 3.63) is 35.0 Å². The fourth-order valence-electron chi connectivity index (χ4n) is 1.75. The highest BCUT2D eigenvalue weighted by atomic mass is 32.2. The molecule has 19 heavy (non-hydrogen) atoms. The molecular weight excluding hydrogens is 280 g/mol. The van der Waals surface area contributed by atoms with E-state index in [9.17, 15) is 4.79 Å². The van der Waals surface area contributed by atoms with Crippen molar-refractivity contribution in [1.29, 1.82) is 0 Å². The Hall–Kier alpha value is -1.53. The highest BCUT2D eigenvalue weighted by Gasteiger charge is 2.26. The van der Waals surface area contributed by atoms with E-state index in [4.69, 9.17) is 10.5 Å². The Morgan fingerprint density at radius 2 is 2.32 bits per heavy atom. The van der Waals surface area contributed by atoms with Crippen molar-refractivity contribution in [1.82, 2.24) is 0 Å². The second-order valence-electron chi connectivity index (χ2n) is 4.01. The van der Waals surface area contributed by atoms with Gasteiger partial charge in [-0.1, -0.05) is 0 Å². The number of hydrogen-bond acceptors (Lipinski definition) is 5. The first-order chi connectivity index (χ1) is 9.04. The van der Waals surface area contributed by atoms with E-state index >= 15 is 0 Å². The molecule has 4 nitrogen and oxygen atoms in total. The smallest absolute Gasteiger partial charge is 0.350 e. The van der Waals surface area contributed by atoms with Gasteiger partial charge in [0.25, 0.3) is 5.69 Å². The second-order valence-corrected chi connectivity index (χ2v) is 5.78. The zero-order valence-electron chi connectivity index (χ0n) is 10.7. The number of nitrogens with zero attached hydrogens (tertiary/aromatic N) is 1. The van der Waals surface area contributed by atoms with Gasteiger partial charge in [-0.05, 0) is 19.9 Å².